The molecule has 9 nitrogen and oxygen atoms in total. The van der Waals surface area contributed by atoms with E-state index < -0.39 is 0 Å². The zero-order chi connectivity index (χ0) is 22.9. The van der Waals surface area contributed by atoms with Gasteiger partial charge in [-0.1, -0.05) is 13.3 Å². The average molecular weight is 437 g/mol. The van der Waals surface area contributed by atoms with Crippen LogP contribution in [0.1, 0.15) is 40.5 Å². The zero-order valence-corrected chi connectivity index (χ0v) is 18.8. The monoisotopic (exact) mass is 436 g/mol. The minimum absolute atomic E-state index is 0.148. The Morgan fingerprint density at radius 1 is 1.12 bits per heavy atom. The van der Waals surface area contributed by atoms with E-state index in [1.807, 2.05) is 51.1 Å². The lowest BCUT2D eigenvalue weighted by Crippen LogP contribution is -2.43. The topological polar surface area (TPSA) is 94.9 Å². The number of hydrogen-bond acceptors (Lipinski definition) is 5. The van der Waals surface area contributed by atoms with Crippen LogP contribution in [0.2, 0.25) is 0 Å². The molecule has 0 aliphatic carbocycles. The maximum Gasteiger partial charge on any atom is 0.350 e. The fourth-order valence-electron chi connectivity index (χ4n) is 3.43. The molecule has 4 aromatic rings. The van der Waals surface area contributed by atoms with Gasteiger partial charge in [0.1, 0.15) is 17.8 Å². The van der Waals surface area contributed by atoms with Gasteiger partial charge in [-0.3, -0.25) is 4.79 Å². The highest BCUT2D eigenvalue weighted by Gasteiger charge is 2.18. The highest BCUT2D eigenvalue weighted by molar-refractivity contribution is 5.78. The third-order valence-electron chi connectivity index (χ3n) is 4.92. The first-order valence-electron chi connectivity index (χ1n) is 10.8. The number of unbranched alkanes of at least 4 members (excludes halogenated alkanes) is 1. The smallest absolute Gasteiger partial charge is 0.350 e. The van der Waals surface area contributed by atoms with Gasteiger partial charge in [0, 0.05) is 23.5 Å². The van der Waals surface area contributed by atoms with E-state index >= 15 is 0 Å². The van der Waals surface area contributed by atoms with Gasteiger partial charge in [-0.25, -0.2) is 18.4 Å². The Morgan fingerprint density at radius 3 is 2.56 bits per heavy atom. The molecule has 168 valence electrons. The standard InChI is InChI=1S/C23H28N6O3/c1-5-6-13-32-17-9-7-16(8-10-17)18-14-19-21-26-29(15-20(30)24-23(2,3)4)22(31)27(21)11-12-28(19)25-18/h7-12,14H,5-6,13,15H2,1-4H3,(H,24,30). The molecule has 0 saturated heterocycles. The molecular weight excluding hydrogens is 408 g/mol. The Bertz CT molecular complexity index is 1310. The predicted molar refractivity (Wildman–Crippen MR) is 122 cm³/mol. The maximum absolute atomic E-state index is 12.7. The molecule has 9 heteroatoms. The molecule has 0 aliphatic heterocycles. The Balaban J connectivity index is 1.63. The predicted octanol–water partition coefficient (Wildman–Crippen LogP) is 2.90. The largest absolute Gasteiger partial charge is 0.494 e. The van der Waals surface area contributed by atoms with Crippen molar-refractivity contribution >= 4 is 17.1 Å². The normalized spacial score (nSPS) is 11.9. The van der Waals surface area contributed by atoms with Gasteiger partial charge in [-0.2, -0.15) is 5.10 Å². The number of aromatic nitrogens is 5. The lowest BCUT2D eigenvalue weighted by atomic mass is 10.1. The summed E-state index contributed by atoms with van der Waals surface area (Å²) in [6.07, 6.45) is 5.43. The summed E-state index contributed by atoms with van der Waals surface area (Å²) < 4.78 is 10.0. The lowest BCUT2D eigenvalue weighted by molar-refractivity contribution is -0.123. The van der Waals surface area contributed by atoms with E-state index in [4.69, 9.17) is 4.74 Å². The molecule has 1 amide bonds. The number of carbonyl (C=O) groups is 1. The number of rotatable bonds is 7. The zero-order valence-electron chi connectivity index (χ0n) is 18.8. The van der Waals surface area contributed by atoms with Crippen LogP contribution >= 0.6 is 0 Å². The number of ether oxygens (including phenoxy) is 1. The van der Waals surface area contributed by atoms with Crippen molar-refractivity contribution in [2.75, 3.05) is 6.61 Å². The van der Waals surface area contributed by atoms with Gasteiger partial charge >= 0.3 is 5.69 Å². The van der Waals surface area contributed by atoms with Crippen molar-refractivity contribution in [2.45, 2.75) is 52.6 Å². The Kier molecular flexibility index (Phi) is 5.73. The van der Waals surface area contributed by atoms with E-state index in [0.29, 0.717) is 17.8 Å². The van der Waals surface area contributed by atoms with E-state index in [-0.39, 0.29) is 23.7 Å². The first-order chi connectivity index (χ1) is 15.2. The van der Waals surface area contributed by atoms with E-state index in [1.54, 1.807) is 16.9 Å². The Labute approximate surface area is 185 Å². The molecule has 32 heavy (non-hydrogen) atoms. The molecule has 0 fully saturated rings. The Morgan fingerprint density at radius 2 is 1.88 bits per heavy atom. The molecule has 1 N–H and O–H groups in total. The van der Waals surface area contributed by atoms with Crippen molar-refractivity contribution in [3.05, 3.63) is 53.2 Å². The van der Waals surface area contributed by atoms with E-state index in [9.17, 15) is 9.59 Å². The molecule has 0 bridgehead atoms. The maximum atomic E-state index is 12.7. The fourth-order valence-corrected chi connectivity index (χ4v) is 3.43. The van der Waals surface area contributed by atoms with Crippen LogP contribution < -0.4 is 15.7 Å². The molecule has 4 rings (SSSR count). The van der Waals surface area contributed by atoms with Crippen molar-refractivity contribution in [2.24, 2.45) is 0 Å². The summed E-state index contributed by atoms with van der Waals surface area (Å²) in [6, 6.07) is 9.66. The van der Waals surface area contributed by atoms with Gasteiger partial charge in [0.05, 0.1) is 12.3 Å². The number of nitrogens with zero attached hydrogens (tertiary/aromatic N) is 5. The number of benzene rings is 1. The van der Waals surface area contributed by atoms with Crippen LogP contribution in [0.25, 0.3) is 22.4 Å². The van der Waals surface area contributed by atoms with E-state index in [0.717, 1.165) is 29.8 Å². The SMILES string of the molecule is CCCCOc1ccc(-c2cc3c4nn(CC(=O)NC(C)(C)C)c(=O)n4ccn3n2)cc1. The van der Waals surface area contributed by atoms with Gasteiger partial charge in [0.25, 0.3) is 0 Å². The van der Waals surface area contributed by atoms with Crippen molar-refractivity contribution < 1.29 is 9.53 Å². The quantitative estimate of drug-likeness (QED) is 0.450. The van der Waals surface area contributed by atoms with Crippen LogP contribution in [0.4, 0.5) is 0 Å². The van der Waals surface area contributed by atoms with Crippen molar-refractivity contribution in [3.8, 4) is 17.0 Å². The van der Waals surface area contributed by atoms with Crippen molar-refractivity contribution in [3.63, 3.8) is 0 Å². The summed E-state index contributed by atoms with van der Waals surface area (Å²) in [5.74, 6) is 0.557. The Hall–Kier alpha value is -3.62. The number of carbonyl (C=O) groups excluding carboxylic acids is 1. The molecule has 0 radical (unpaired) electrons. The minimum Gasteiger partial charge on any atom is -0.494 e. The first-order valence-corrected chi connectivity index (χ1v) is 10.8. The first kappa shape index (κ1) is 21.6. The van der Waals surface area contributed by atoms with E-state index in [1.165, 1.54) is 9.08 Å². The third-order valence-corrected chi connectivity index (χ3v) is 4.92. The van der Waals surface area contributed by atoms with Crippen LogP contribution in [0.5, 0.6) is 5.75 Å². The highest BCUT2D eigenvalue weighted by atomic mass is 16.5. The molecule has 0 aliphatic rings. The molecule has 3 heterocycles. The summed E-state index contributed by atoms with van der Waals surface area (Å²) in [4.78, 5) is 25.0. The van der Waals surface area contributed by atoms with Crippen molar-refractivity contribution in [1.29, 1.82) is 0 Å². The molecule has 0 unspecified atom stereocenters. The summed E-state index contributed by atoms with van der Waals surface area (Å²) >= 11 is 0. The number of hydrogen-bond donors (Lipinski definition) is 1. The van der Waals surface area contributed by atoms with Gasteiger partial charge in [-0.15, -0.1) is 5.10 Å². The van der Waals surface area contributed by atoms with Gasteiger partial charge < -0.3 is 10.1 Å². The van der Waals surface area contributed by atoms with Crippen LogP contribution in [0.15, 0.2) is 47.5 Å². The fraction of sp³-hybridized carbons (Fsp3) is 0.391. The molecule has 0 saturated carbocycles. The molecule has 0 atom stereocenters. The second-order valence-electron chi connectivity index (χ2n) is 8.82. The third kappa shape index (κ3) is 4.51. The summed E-state index contributed by atoms with van der Waals surface area (Å²) in [5, 5.41) is 11.9. The molecular formula is C23H28N6O3. The molecule has 1 aromatic carbocycles. The molecule has 3 aromatic heterocycles. The lowest BCUT2D eigenvalue weighted by Gasteiger charge is -2.20. The van der Waals surface area contributed by atoms with Gasteiger partial charge in [0.2, 0.25) is 5.91 Å². The van der Waals surface area contributed by atoms with Crippen LogP contribution in [0, 0.1) is 0 Å². The molecule has 0 spiro atoms. The highest BCUT2D eigenvalue weighted by Crippen LogP contribution is 2.24. The van der Waals surface area contributed by atoms with Crippen LogP contribution in [-0.4, -0.2) is 41.8 Å². The van der Waals surface area contributed by atoms with Gasteiger partial charge in [0.15, 0.2) is 5.65 Å². The minimum atomic E-state index is -0.385. The van der Waals surface area contributed by atoms with Gasteiger partial charge in [-0.05, 0) is 57.5 Å². The second-order valence-corrected chi connectivity index (χ2v) is 8.82. The number of nitrogens with one attached hydrogen (secondary N) is 1. The second kappa shape index (κ2) is 8.49. The van der Waals surface area contributed by atoms with E-state index in [2.05, 4.69) is 22.4 Å². The summed E-state index contributed by atoms with van der Waals surface area (Å²) in [7, 11) is 0. The average Bonchev–Trinajstić information content (AvgIpc) is 3.29. The summed E-state index contributed by atoms with van der Waals surface area (Å²) in [5.41, 5.74) is 2.05. The number of amides is 1. The van der Waals surface area contributed by atoms with Crippen LogP contribution in [-0.2, 0) is 11.3 Å². The van der Waals surface area contributed by atoms with Crippen LogP contribution in [0.3, 0.4) is 0 Å². The van der Waals surface area contributed by atoms with Crippen molar-refractivity contribution in [1.82, 2.24) is 29.1 Å². The summed E-state index contributed by atoms with van der Waals surface area (Å²) in [6.45, 7) is 8.35. The number of fused-ring (bicyclic) bond motifs is 3.